The molecule has 0 unspecified atom stereocenters. The van der Waals surface area contributed by atoms with Gasteiger partial charge in [0.15, 0.2) is 0 Å². The fourth-order valence-electron chi connectivity index (χ4n) is 2.17. The Labute approximate surface area is 98.4 Å². The van der Waals surface area contributed by atoms with Gasteiger partial charge < -0.3 is 4.74 Å². The van der Waals surface area contributed by atoms with E-state index in [4.69, 9.17) is 4.74 Å². The molecule has 1 aliphatic carbocycles. The minimum absolute atomic E-state index is 0.260. The van der Waals surface area contributed by atoms with Crippen LogP contribution in [0.5, 0.6) is 0 Å². The second-order valence-corrected chi connectivity index (χ2v) is 5.09. The summed E-state index contributed by atoms with van der Waals surface area (Å²) < 4.78 is 5.50. The van der Waals surface area contributed by atoms with Crippen molar-refractivity contribution in [2.75, 3.05) is 0 Å². The van der Waals surface area contributed by atoms with Crippen LogP contribution in [0.15, 0.2) is 24.8 Å². The third kappa shape index (κ3) is 3.51. The highest BCUT2D eigenvalue weighted by atomic mass is 16.6. The number of carbonyl (C=O) groups is 1. The number of hydrogen-bond acceptors (Lipinski definition) is 2. The predicted molar refractivity (Wildman–Crippen MR) is 66.1 cm³/mol. The van der Waals surface area contributed by atoms with Crippen molar-refractivity contribution in [1.29, 1.82) is 0 Å². The van der Waals surface area contributed by atoms with Gasteiger partial charge in [0.2, 0.25) is 0 Å². The predicted octanol–water partition coefficient (Wildman–Crippen LogP) is 3.63. The number of hydrogen-bond donors (Lipinski definition) is 0. The van der Waals surface area contributed by atoms with Crippen LogP contribution in [0.4, 0.5) is 0 Å². The number of esters is 1. The number of carbonyl (C=O) groups excluding carboxylic acids is 1. The second-order valence-electron chi connectivity index (χ2n) is 5.09. The summed E-state index contributed by atoms with van der Waals surface area (Å²) in [5, 5.41) is 0. The Kier molecular flexibility index (Phi) is 4.34. The molecule has 0 atom stereocenters. The van der Waals surface area contributed by atoms with E-state index in [2.05, 4.69) is 13.2 Å². The topological polar surface area (TPSA) is 26.3 Å². The Bertz CT molecular complexity index is 283. The van der Waals surface area contributed by atoms with Gasteiger partial charge in [-0.15, -0.1) is 6.58 Å². The maximum absolute atomic E-state index is 11.5. The first kappa shape index (κ1) is 13.0. The van der Waals surface area contributed by atoms with Crippen LogP contribution in [0.2, 0.25) is 0 Å². The van der Waals surface area contributed by atoms with E-state index in [1.54, 1.807) is 6.92 Å². The zero-order chi connectivity index (χ0) is 12.2. The lowest BCUT2D eigenvalue weighted by atomic mass is 9.78. The molecule has 1 saturated carbocycles. The lowest BCUT2D eigenvalue weighted by Crippen LogP contribution is -2.36. The van der Waals surface area contributed by atoms with E-state index < -0.39 is 0 Å². The third-order valence-electron chi connectivity index (χ3n) is 3.35. The molecule has 0 aromatic heterocycles. The minimum atomic E-state index is -0.284. The van der Waals surface area contributed by atoms with Crippen LogP contribution in [0, 0.1) is 5.92 Å². The Hall–Kier alpha value is -1.05. The van der Waals surface area contributed by atoms with E-state index in [1.807, 2.05) is 13.0 Å². The van der Waals surface area contributed by atoms with Crippen molar-refractivity contribution in [3.63, 3.8) is 0 Å². The highest BCUT2D eigenvalue weighted by Crippen LogP contribution is 2.36. The highest BCUT2D eigenvalue weighted by molar-refractivity contribution is 5.87. The fraction of sp³-hybridized carbons (Fsp3) is 0.643. The monoisotopic (exact) mass is 222 g/mol. The zero-order valence-corrected chi connectivity index (χ0v) is 10.4. The second kappa shape index (κ2) is 5.33. The van der Waals surface area contributed by atoms with E-state index in [9.17, 15) is 4.79 Å². The molecule has 2 heteroatoms. The van der Waals surface area contributed by atoms with Gasteiger partial charge in [-0.2, -0.15) is 0 Å². The minimum Gasteiger partial charge on any atom is -0.456 e. The van der Waals surface area contributed by atoms with Gasteiger partial charge >= 0.3 is 5.97 Å². The first-order chi connectivity index (χ1) is 7.47. The van der Waals surface area contributed by atoms with Gasteiger partial charge in [0.05, 0.1) is 0 Å². The zero-order valence-electron chi connectivity index (χ0n) is 10.4. The van der Waals surface area contributed by atoms with Gasteiger partial charge in [-0.05, 0) is 51.9 Å². The van der Waals surface area contributed by atoms with Crippen molar-refractivity contribution in [2.24, 2.45) is 5.92 Å². The lowest BCUT2D eigenvalue weighted by Gasteiger charge is -2.36. The van der Waals surface area contributed by atoms with E-state index in [-0.39, 0.29) is 11.6 Å². The van der Waals surface area contributed by atoms with Gasteiger partial charge in [-0.25, -0.2) is 4.79 Å². The van der Waals surface area contributed by atoms with E-state index in [1.165, 1.54) is 0 Å². The average molecular weight is 222 g/mol. The molecule has 0 aromatic carbocycles. The molecule has 1 aliphatic rings. The van der Waals surface area contributed by atoms with Crippen molar-refractivity contribution < 1.29 is 9.53 Å². The summed E-state index contributed by atoms with van der Waals surface area (Å²) in [5.74, 6) is 0.457. The van der Waals surface area contributed by atoms with E-state index >= 15 is 0 Å². The molecule has 16 heavy (non-hydrogen) atoms. The number of ether oxygens (including phenoxy) is 1. The molecule has 0 N–H and O–H groups in total. The van der Waals surface area contributed by atoms with Crippen LogP contribution in [0.3, 0.4) is 0 Å². The first-order valence-electron chi connectivity index (χ1n) is 5.96. The maximum atomic E-state index is 11.5. The van der Waals surface area contributed by atoms with Gasteiger partial charge in [-0.3, -0.25) is 0 Å². The Balaban J connectivity index is 2.46. The average Bonchev–Trinajstić information content (AvgIpc) is 2.22. The van der Waals surface area contributed by atoms with Crippen molar-refractivity contribution in [3.05, 3.63) is 24.8 Å². The Morgan fingerprint density at radius 3 is 2.50 bits per heavy atom. The van der Waals surface area contributed by atoms with Gasteiger partial charge in [0, 0.05) is 5.57 Å². The normalized spacial score (nSPS) is 29.5. The molecule has 0 heterocycles. The first-order valence-corrected chi connectivity index (χ1v) is 5.96. The fourth-order valence-corrected chi connectivity index (χ4v) is 2.17. The molecular weight excluding hydrogens is 200 g/mol. The van der Waals surface area contributed by atoms with Crippen LogP contribution in [0.25, 0.3) is 0 Å². The molecular formula is C14H22O2. The standard InChI is InChI=1S/C14H22O2/c1-5-6-12-7-9-14(4,10-8-12)16-13(15)11(2)3/h5,12H,1-2,6-10H2,3-4H3. The van der Waals surface area contributed by atoms with Gasteiger partial charge in [0.25, 0.3) is 0 Å². The van der Waals surface area contributed by atoms with Crippen molar-refractivity contribution >= 4 is 5.97 Å². The van der Waals surface area contributed by atoms with E-state index in [0.29, 0.717) is 11.5 Å². The summed E-state index contributed by atoms with van der Waals surface area (Å²) in [6.07, 6.45) is 7.19. The van der Waals surface area contributed by atoms with Crippen molar-refractivity contribution in [2.45, 2.75) is 51.6 Å². The lowest BCUT2D eigenvalue weighted by molar-refractivity contribution is -0.157. The molecule has 1 fully saturated rings. The summed E-state index contributed by atoms with van der Waals surface area (Å²) >= 11 is 0. The molecule has 1 rings (SSSR count). The summed E-state index contributed by atoms with van der Waals surface area (Å²) in [4.78, 5) is 11.5. The molecule has 0 radical (unpaired) electrons. The van der Waals surface area contributed by atoms with Crippen LogP contribution >= 0.6 is 0 Å². The van der Waals surface area contributed by atoms with Gasteiger partial charge in [-0.1, -0.05) is 12.7 Å². The van der Waals surface area contributed by atoms with Crippen LogP contribution in [0.1, 0.15) is 46.0 Å². The molecule has 0 aromatic rings. The van der Waals surface area contributed by atoms with Crippen molar-refractivity contribution in [3.8, 4) is 0 Å². The Morgan fingerprint density at radius 2 is 2.06 bits per heavy atom. The Morgan fingerprint density at radius 1 is 1.50 bits per heavy atom. The highest BCUT2D eigenvalue weighted by Gasteiger charge is 2.34. The quantitative estimate of drug-likeness (QED) is 0.412. The third-order valence-corrected chi connectivity index (χ3v) is 3.35. The summed E-state index contributed by atoms with van der Waals surface area (Å²) in [6, 6.07) is 0. The summed E-state index contributed by atoms with van der Waals surface area (Å²) in [7, 11) is 0. The number of allylic oxidation sites excluding steroid dienone is 1. The van der Waals surface area contributed by atoms with Crippen LogP contribution < -0.4 is 0 Å². The molecule has 0 bridgehead atoms. The van der Waals surface area contributed by atoms with Crippen molar-refractivity contribution in [1.82, 2.24) is 0 Å². The summed E-state index contributed by atoms with van der Waals surface area (Å²) in [5.41, 5.74) is 0.197. The smallest absolute Gasteiger partial charge is 0.333 e. The summed E-state index contributed by atoms with van der Waals surface area (Å²) in [6.45, 7) is 11.1. The molecule has 90 valence electrons. The maximum Gasteiger partial charge on any atom is 0.333 e. The van der Waals surface area contributed by atoms with Crippen LogP contribution in [-0.4, -0.2) is 11.6 Å². The SMILES string of the molecule is C=CCC1CCC(C)(OC(=O)C(=C)C)CC1. The molecule has 0 amide bonds. The molecule has 0 aliphatic heterocycles. The molecule has 0 spiro atoms. The van der Waals surface area contributed by atoms with Crippen LogP contribution in [-0.2, 0) is 9.53 Å². The molecule has 0 saturated heterocycles. The molecule has 2 nitrogen and oxygen atoms in total. The van der Waals surface area contributed by atoms with E-state index in [0.717, 1.165) is 32.1 Å². The number of rotatable bonds is 4. The van der Waals surface area contributed by atoms with Gasteiger partial charge in [0.1, 0.15) is 5.60 Å². The largest absolute Gasteiger partial charge is 0.456 e.